The molecule has 7 heteroatoms. The molecule has 0 bridgehead atoms. The van der Waals surface area contributed by atoms with E-state index in [9.17, 15) is 0 Å². The van der Waals surface area contributed by atoms with Crippen molar-refractivity contribution in [3.05, 3.63) is 58.7 Å². The average Bonchev–Trinajstić information content (AvgIpc) is 2.80. The molecule has 188 valence electrons. The predicted octanol–water partition coefficient (Wildman–Crippen LogP) is 9.12. The first-order valence-corrected chi connectivity index (χ1v) is 13.6. The molecule has 3 aromatic rings. The molecular formula is C28H37ClN4OS. The fourth-order valence-electron chi connectivity index (χ4n) is 4.01. The third-order valence-electron chi connectivity index (χ3n) is 5.65. The molecule has 1 aromatic heterocycles. The van der Waals surface area contributed by atoms with Crippen LogP contribution >= 0.6 is 23.4 Å². The summed E-state index contributed by atoms with van der Waals surface area (Å²) in [7, 11) is 0. The Bertz CT molecular complexity index is 1130. The standard InChI is InChI=1S/C28H37ClN4OS/c1-8-20(9-2)21-15-25(34-17(3)4)24(14-19(21)7)32-28-30-16-22(29)27(33-28)31-23-12-10-11-13-26(23)35-18(5)6/h10-18,20H,8-9H2,1-7H3,(H2,30,31,32,33). The largest absolute Gasteiger partial charge is 0.489 e. The van der Waals surface area contributed by atoms with Crippen LogP contribution in [0, 0.1) is 6.92 Å². The van der Waals surface area contributed by atoms with Crippen LogP contribution in [0.3, 0.4) is 0 Å². The number of anilines is 4. The van der Waals surface area contributed by atoms with Crippen molar-refractivity contribution in [2.75, 3.05) is 10.6 Å². The Kier molecular flexibility index (Phi) is 9.70. The summed E-state index contributed by atoms with van der Waals surface area (Å²) >= 11 is 8.27. The number of hydrogen-bond donors (Lipinski definition) is 2. The molecule has 2 aromatic carbocycles. The second kappa shape index (κ2) is 12.5. The smallest absolute Gasteiger partial charge is 0.229 e. The second-order valence-electron chi connectivity index (χ2n) is 9.19. The first-order valence-electron chi connectivity index (χ1n) is 12.3. The van der Waals surface area contributed by atoms with Crippen LogP contribution in [-0.2, 0) is 0 Å². The van der Waals surface area contributed by atoms with E-state index in [1.807, 2.05) is 32.0 Å². The highest BCUT2D eigenvalue weighted by atomic mass is 35.5. The van der Waals surface area contributed by atoms with E-state index in [0.717, 1.165) is 34.9 Å². The Balaban J connectivity index is 1.94. The Morgan fingerprint density at radius 2 is 1.71 bits per heavy atom. The highest BCUT2D eigenvalue weighted by Crippen LogP contribution is 2.37. The van der Waals surface area contributed by atoms with E-state index in [4.69, 9.17) is 21.3 Å². The van der Waals surface area contributed by atoms with E-state index >= 15 is 0 Å². The van der Waals surface area contributed by atoms with Crippen molar-refractivity contribution in [2.24, 2.45) is 0 Å². The van der Waals surface area contributed by atoms with Gasteiger partial charge in [0.25, 0.3) is 0 Å². The third-order valence-corrected chi connectivity index (χ3v) is 7.01. The van der Waals surface area contributed by atoms with Gasteiger partial charge in [-0.25, -0.2) is 4.98 Å². The highest BCUT2D eigenvalue weighted by molar-refractivity contribution is 8.00. The molecule has 0 saturated heterocycles. The Morgan fingerprint density at radius 3 is 2.37 bits per heavy atom. The predicted molar refractivity (Wildman–Crippen MR) is 151 cm³/mol. The van der Waals surface area contributed by atoms with Gasteiger partial charge in [0.2, 0.25) is 5.95 Å². The minimum absolute atomic E-state index is 0.0473. The zero-order valence-electron chi connectivity index (χ0n) is 21.8. The summed E-state index contributed by atoms with van der Waals surface area (Å²) < 4.78 is 6.19. The summed E-state index contributed by atoms with van der Waals surface area (Å²) in [6.07, 6.45) is 3.85. The van der Waals surface area contributed by atoms with Crippen LogP contribution in [0.4, 0.5) is 23.1 Å². The van der Waals surface area contributed by atoms with E-state index in [2.05, 4.69) is 68.4 Å². The topological polar surface area (TPSA) is 59.1 Å². The van der Waals surface area contributed by atoms with Crippen molar-refractivity contribution in [3.63, 3.8) is 0 Å². The fourth-order valence-corrected chi connectivity index (χ4v) is 5.06. The van der Waals surface area contributed by atoms with Crippen LogP contribution in [0.15, 0.2) is 47.5 Å². The lowest BCUT2D eigenvalue weighted by Gasteiger charge is -2.22. The summed E-state index contributed by atoms with van der Waals surface area (Å²) in [5, 5.41) is 7.68. The van der Waals surface area contributed by atoms with Crippen LogP contribution in [0.25, 0.3) is 0 Å². The maximum absolute atomic E-state index is 6.47. The van der Waals surface area contributed by atoms with Crippen molar-refractivity contribution < 1.29 is 4.74 Å². The van der Waals surface area contributed by atoms with Crippen LogP contribution in [0.5, 0.6) is 5.75 Å². The van der Waals surface area contributed by atoms with Crippen LogP contribution in [0.1, 0.15) is 71.4 Å². The molecule has 35 heavy (non-hydrogen) atoms. The molecule has 0 radical (unpaired) electrons. The molecular weight excluding hydrogens is 476 g/mol. The van der Waals surface area contributed by atoms with E-state index in [1.165, 1.54) is 11.1 Å². The lowest BCUT2D eigenvalue weighted by atomic mass is 9.90. The van der Waals surface area contributed by atoms with Crippen LogP contribution < -0.4 is 15.4 Å². The molecule has 0 fully saturated rings. The Morgan fingerprint density at radius 1 is 1.00 bits per heavy atom. The van der Waals surface area contributed by atoms with Gasteiger partial charge in [0.15, 0.2) is 5.82 Å². The lowest BCUT2D eigenvalue weighted by Crippen LogP contribution is -2.10. The SMILES string of the molecule is CCC(CC)c1cc(OC(C)C)c(Nc2ncc(Cl)c(Nc3ccccc3SC(C)C)n2)cc1C. The minimum Gasteiger partial charge on any atom is -0.489 e. The first kappa shape index (κ1) is 27.2. The number of thioether (sulfide) groups is 1. The number of aryl methyl sites for hydroxylation is 1. The molecule has 0 atom stereocenters. The van der Waals surface area contributed by atoms with Crippen molar-refractivity contribution >= 4 is 46.5 Å². The number of para-hydroxylation sites is 1. The number of nitrogens with zero attached hydrogens (tertiary/aromatic N) is 2. The molecule has 0 aliphatic heterocycles. The maximum Gasteiger partial charge on any atom is 0.229 e. The zero-order valence-corrected chi connectivity index (χ0v) is 23.3. The van der Waals surface area contributed by atoms with Crippen LogP contribution in [0.2, 0.25) is 5.02 Å². The Hall–Kier alpha value is -2.44. The van der Waals surface area contributed by atoms with Gasteiger partial charge in [0.1, 0.15) is 10.8 Å². The Labute approximate surface area is 219 Å². The van der Waals surface area contributed by atoms with Crippen LogP contribution in [-0.4, -0.2) is 21.3 Å². The molecule has 0 amide bonds. The molecule has 3 rings (SSSR count). The van der Waals surface area contributed by atoms with E-state index in [1.54, 1.807) is 18.0 Å². The monoisotopic (exact) mass is 512 g/mol. The number of rotatable bonds is 11. The summed E-state index contributed by atoms with van der Waals surface area (Å²) in [6.45, 7) is 15.0. The van der Waals surface area contributed by atoms with Gasteiger partial charge in [0.05, 0.1) is 23.7 Å². The zero-order chi connectivity index (χ0) is 25.5. The van der Waals surface area contributed by atoms with Gasteiger partial charge in [-0.2, -0.15) is 4.98 Å². The normalized spacial score (nSPS) is 11.4. The molecule has 0 unspecified atom stereocenters. The van der Waals surface area contributed by atoms with Gasteiger partial charge in [-0.15, -0.1) is 11.8 Å². The highest BCUT2D eigenvalue weighted by Gasteiger charge is 2.17. The molecule has 5 nitrogen and oxygen atoms in total. The molecule has 0 aliphatic carbocycles. The summed E-state index contributed by atoms with van der Waals surface area (Å²) in [5.74, 6) is 2.32. The number of hydrogen-bond acceptors (Lipinski definition) is 6. The van der Waals surface area contributed by atoms with Crippen molar-refractivity contribution in [3.8, 4) is 5.75 Å². The van der Waals surface area contributed by atoms with Crippen molar-refractivity contribution in [2.45, 2.75) is 83.5 Å². The van der Waals surface area contributed by atoms with Gasteiger partial charge in [0, 0.05) is 10.1 Å². The number of benzene rings is 2. The van der Waals surface area contributed by atoms with Gasteiger partial charge in [-0.05, 0) is 74.9 Å². The third kappa shape index (κ3) is 7.28. The number of ether oxygens (including phenoxy) is 1. The van der Waals surface area contributed by atoms with E-state index in [-0.39, 0.29) is 6.10 Å². The minimum atomic E-state index is 0.0473. The molecule has 0 aliphatic rings. The average molecular weight is 513 g/mol. The van der Waals surface area contributed by atoms with Gasteiger partial charge >= 0.3 is 0 Å². The quantitative estimate of drug-likeness (QED) is 0.250. The van der Waals surface area contributed by atoms with Crippen molar-refractivity contribution in [1.29, 1.82) is 0 Å². The summed E-state index contributed by atoms with van der Waals surface area (Å²) in [5.41, 5.74) is 4.36. The maximum atomic E-state index is 6.47. The second-order valence-corrected chi connectivity index (χ2v) is 11.2. The number of halogens is 1. The first-order chi connectivity index (χ1) is 16.7. The molecule has 0 saturated carbocycles. The molecule has 0 spiro atoms. The summed E-state index contributed by atoms with van der Waals surface area (Å²) in [6, 6.07) is 12.5. The van der Waals surface area contributed by atoms with Crippen molar-refractivity contribution in [1.82, 2.24) is 9.97 Å². The number of aromatic nitrogens is 2. The van der Waals surface area contributed by atoms with Gasteiger partial charge in [-0.1, -0.05) is 51.4 Å². The molecule has 1 heterocycles. The molecule has 2 N–H and O–H groups in total. The van der Waals surface area contributed by atoms with E-state index < -0.39 is 0 Å². The number of nitrogens with one attached hydrogen (secondary N) is 2. The van der Waals surface area contributed by atoms with Gasteiger partial charge in [-0.3, -0.25) is 0 Å². The lowest BCUT2D eigenvalue weighted by molar-refractivity contribution is 0.243. The fraction of sp³-hybridized carbons (Fsp3) is 0.429. The van der Waals surface area contributed by atoms with Gasteiger partial charge < -0.3 is 15.4 Å². The summed E-state index contributed by atoms with van der Waals surface area (Å²) in [4.78, 5) is 10.3. The van der Waals surface area contributed by atoms with E-state index in [0.29, 0.717) is 28.0 Å².